The molecule has 0 radical (unpaired) electrons. The van der Waals surface area contributed by atoms with Gasteiger partial charge in [0.25, 0.3) is 0 Å². The van der Waals surface area contributed by atoms with Crippen LogP contribution in [0.2, 0.25) is 0 Å². The van der Waals surface area contributed by atoms with Gasteiger partial charge in [0.1, 0.15) is 11.1 Å². The lowest BCUT2D eigenvalue weighted by Gasteiger charge is -2.05. The number of thioether (sulfide) groups is 1. The van der Waals surface area contributed by atoms with Crippen molar-refractivity contribution in [2.45, 2.75) is 37.6 Å². The van der Waals surface area contributed by atoms with Crippen molar-refractivity contribution in [1.82, 2.24) is 4.98 Å². The normalized spacial score (nSPS) is 10.0. The lowest BCUT2D eigenvalue weighted by Crippen LogP contribution is -1.99. The summed E-state index contributed by atoms with van der Waals surface area (Å²) in [5, 5.41) is 18.2. The van der Waals surface area contributed by atoms with Crippen molar-refractivity contribution >= 4 is 17.7 Å². The first-order valence-electron chi connectivity index (χ1n) is 5.92. The molecule has 18 heavy (non-hydrogen) atoms. The van der Waals surface area contributed by atoms with E-state index in [0.717, 1.165) is 25.0 Å². The van der Waals surface area contributed by atoms with E-state index < -0.39 is 5.97 Å². The van der Waals surface area contributed by atoms with E-state index in [4.69, 9.17) is 10.4 Å². The van der Waals surface area contributed by atoms with Crippen molar-refractivity contribution in [2.75, 3.05) is 5.75 Å². The highest BCUT2D eigenvalue weighted by Crippen LogP contribution is 2.21. The monoisotopic (exact) mass is 264 g/mol. The Hall–Kier alpha value is -1.54. The zero-order valence-electron chi connectivity index (χ0n) is 10.3. The second-order valence-corrected chi connectivity index (χ2v) is 4.95. The maximum absolute atomic E-state index is 10.5. The predicted octanol–water partition coefficient (Wildman–Crippen LogP) is 2.86. The highest BCUT2D eigenvalue weighted by atomic mass is 32.2. The highest BCUT2D eigenvalue weighted by molar-refractivity contribution is 7.99. The van der Waals surface area contributed by atoms with E-state index in [1.165, 1.54) is 11.8 Å². The SMILES string of the molecule is CCCCc1ccc(C#N)c(SCCC(=O)O)n1. The summed E-state index contributed by atoms with van der Waals surface area (Å²) in [6.45, 7) is 2.12. The van der Waals surface area contributed by atoms with Crippen molar-refractivity contribution in [2.24, 2.45) is 0 Å². The Morgan fingerprint density at radius 1 is 1.56 bits per heavy atom. The standard InChI is InChI=1S/C13H16N2O2S/c1-2-3-4-11-6-5-10(9-14)13(15-11)18-8-7-12(16)17/h5-6H,2-4,7-8H2,1H3,(H,16,17). The van der Waals surface area contributed by atoms with Gasteiger partial charge in [0.05, 0.1) is 12.0 Å². The van der Waals surface area contributed by atoms with E-state index in [0.29, 0.717) is 16.3 Å². The minimum atomic E-state index is -0.830. The molecule has 1 N–H and O–H groups in total. The lowest BCUT2D eigenvalue weighted by atomic mass is 10.2. The zero-order valence-corrected chi connectivity index (χ0v) is 11.2. The van der Waals surface area contributed by atoms with Gasteiger partial charge in [-0.1, -0.05) is 13.3 Å². The molecule has 0 aliphatic heterocycles. The van der Waals surface area contributed by atoms with Crippen molar-refractivity contribution in [1.29, 1.82) is 5.26 Å². The Morgan fingerprint density at radius 2 is 2.33 bits per heavy atom. The van der Waals surface area contributed by atoms with Crippen molar-refractivity contribution in [3.8, 4) is 6.07 Å². The van der Waals surface area contributed by atoms with Gasteiger partial charge >= 0.3 is 5.97 Å². The van der Waals surface area contributed by atoms with Gasteiger partial charge < -0.3 is 5.11 Å². The van der Waals surface area contributed by atoms with Gasteiger partial charge in [0.15, 0.2) is 0 Å². The third-order valence-electron chi connectivity index (χ3n) is 2.38. The minimum Gasteiger partial charge on any atom is -0.481 e. The molecule has 0 saturated carbocycles. The number of pyridine rings is 1. The Morgan fingerprint density at radius 3 is 2.94 bits per heavy atom. The second-order valence-electron chi connectivity index (χ2n) is 3.86. The molecule has 96 valence electrons. The molecular weight excluding hydrogens is 248 g/mol. The molecular formula is C13H16N2O2S. The van der Waals surface area contributed by atoms with E-state index in [9.17, 15) is 4.79 Å². The number of hydrogen-bond acceptors (Lipinski definition) is 4. The quantitative estimate of drug-likeness (QED) is 0.766. The molecule has 1 aromatic heterocycles. The Bertz CT molecular complexity index is 455. The molecule has 0 aliphatic carbocycles. The summed E-state index contributed by atoms with van der Waals surface area (Å²) in [5.41, 5.74) is 1.49. The number of aromatic nitrogens is 1. The molecule has 0 unspecified atom stereocenters. The third-order valence-corrected chi connectivity index (χ3v) is 3.37. The van der Waals surface area contributed by atoms with Crippen LogP contribution in [0, 0.1) is 11.3 Å². The van der Waals surface area contributed by atoms with Crippen LogP contribution in [0.4, 0.5) is 0 Å². The van der Waals surface area contributed by atoms with Gasteiger partial charge in [-0.2, -0.15) is 5.26 Å². The van der Waals surface area contributed by atoms with Crippen LogP contribution in [-0.2, 0) is 11.2 Å². The van der Waals surface area contributed by atoms with E-state index in [1.807, 2.05) is 6.07 Å². The number of aryl methyl sites for hydroxylation is 1. The molecule has 1 aromatic rings. The molecule has 0 amide bonds. The molecule has 1 heterocycles. The maximum Gasteiger partial charge on any atom is 0.304 e. The van der Waals surface area contributed by atoms with Crippen LogP contribution in [0.1, 0.15) is 37.4 Å². The molecule has 0 spiro atoms. The van der Waals surface area contributed by atoms with Crippen molar-refractivity contribution < 1.29 is 9.90 Å². The van der Waals surface area contributed by atoms with Crippen molar-refractivity contribution in [3.63, 3.8) is 0 Å². The van der Waals surface area contributed by atoms with Gasteiger partial charge in [0.2, 0.25) is 0 Å². The van der Waals surface area contributed by atoms with Gasteiger partial charge in [-0.05, 0) is 25.0 Å². The number of hydrogen-bond donors (Lipinski definition) is 1. The summed E-state index contributed by atoms with van der Waals surface area (Å²) < 4.78 is 0. The summed E-state index contributed by atoms with van der Waals surface area (Å²) >= 11 is 1.33. The van der Waals surface area contributed by atoms with Crippen molar-refractivity contribution in [3.05, 3.63) is 23.4 Å². The van der Waals surface area contributed by atoms with Crippen LogP contribution in [0.25, 0.3) is 0 Å². The topological polar surface area (TPSA) is 74.0 Å². The molecule has 0 aromatic carbocycles. The second kappa shape index (κ2) is 7.72. The Kier molecular flexibility index (Phi) is 6.23. The number of carbonyl (C=O) groups is 1. The molecule has 0 aliphatic rings. The molecule has 0 fully saturated rings. The van der Waals surface area contributed by atoms with Gasteiger partial charge in [-0.3, -0.25) is 4.79 Å². The van der Waals surface area contributed by atoms with Crippen LogP contribution < -0.4 is 0 Å². The van der Waals surface area contributed by atoms with Crippen LogP contribution >= 0.6 is 11.8 Å². The maximum atomic E-state index is 10.5. The summed E-state index contributed by atoms with van der Waals surface area (Å²) in [7, 11) is 0. The molecule has 0 atom stereocenters. The summed E-state index contributed by atoms with van der Waals surface area (Å²) in [6.07, 6.45) is 3.15. The number of nitriles is 1. The number of carboxylic acid groups (broad SMARTS) is 1. The summed E-state index contributed by atoms with van der Waals surface area (Å²) in [4.78, 5) is 14.9. The number of nitrogens with zero attached hydrogens (tertiary/aromatic N) is 2. The fraction of sp³-hybridized carbons (Fsp3) is 0.462. The lowest BCUT2D eigenvalue weighted by molar-refractivity contribution is -0.136. The number of unbranched alkanes of at least 4 members (excludes halogenated alkanes) is 1. The molecule has 0 saturated heterocycles. The molecule has 1 rings (SSSR count). The van der Waals surface area contributed by atoms with Crippen LogP contribution in [-0.4, -0.2) is 21.8 Å². The first-order chi connectivity index (χ1) is 8.67. The van der Waals surface area contributed by atoms with Gasteiger partial charge in [0, 0.05) is 11.4 Å². The molecule has 5 heteroatoms. The smallest absolute Gasteiger partial charge is 0.304 e. The highest BCUT2D eigenvalue weighted by Gasteiger charge is 2.07. The fourth-order valence-electron chi connectivity index (χ4n) is 1.41. The zero-order chi connectivity index (χ0) is 13.4. The van der Waals surface area contributed by atoms with Crippen LogP contribution in [0.5, 0.6) is 0 Å². The van der Waals surface area contributed by atoms with Gasteiger partial charge in [-0.15, -0.1) is 11.8 Å². The number of aliphatic carboxylic acids is 1. The number of carboxylic acids is 1. The first-order valence-corrected chi connectivity index (χ1v) is 6.90. The van der Waals surface area contributed by atoms with E-state index in [2.05, 4.69) is 18.0 Å². The minimum absolute atomic E-state index is 0.0798. The molecule has 4 nitrogen and oxygen atoms in total. The molecule has 0 bridgehead atoms. The first kappa shape index (κ1) is 14.5. The predicted molar refractivity (Wildman–Crippen MR) is 70.5 cm³/mol. The van der Waals surface area contributed by atoms with E-state index in [1.54, 1.807) is 6.07 Å². The number of rotatable bonds is 7. The fourth-order valence-corrected chi connectivity index (χ4v) is 2.33. The van der Waals surface area contributed by atoms with Gasteiger partial charge in [-0.25, -0.2) is 4.98 Å². The Labute approximate surface area is 111 Å². The summed E-state index contributed by atoms with van der Waals surface area (Å²) in [5.74, 6) is -0.392. The summed E-state index contributed by atoms with van der Waals surface area (Å²) in [6, 6.07) is 5.72. The van der Waals surface area contributed by atoms with Crippen LogP contribution in [0.3, 0.4) is 0 Å². The largest absolute Gasteiger partial charge is 0.481 e. The van der Waals surface area contributed by atoms with Crippen LogP contribution in [0.15, 0.2) is 17.2 Å². The third kappa shape index (κ3) is 4.76. The van der Waals surface area contributed by atoms with E-state index >= 15 is 0 Å². The van der Waals surface area contributed by atoms with E-state index in [-0.39, 0.29) is 6.42 Å². The Balaban J connectivity index is 2.72. The average Bonchev–Trinajstić information content (AvgIpc) is 2.36. The average molecular weight is 264 g/mol.